The summed E-state index contributed by atoms with van der Waals surface area (Å²) >= 11 is 0. The molecule has 0 saturated heterocycles. The SMILES string of the molecule is Cc1ccc(-c2cc(C)c(C)cc2C#Cc2ccccc2)c(C#Cc2ccccc2)c1.Cc1ccc(-c2ccccc2C#Cc2ccccc2)c(C#Cc2ccccc2)c1.Cc1ccc(C#Cc2ccccc2)c(-c2cc(C)ccc2C#Cc2ccccc2)c1.Cc1ccc(C#Cc2ccccc2)c(-c2ccccc2C#Cc2ccccc2)c1. The Hall–Kier alpha value is -16.0. The molecule has 0 aliphatic rings. The van der Waals surface area contributed by atoms with E-state index in [-0.39, 0.29) is 0 Å². The fraction of sp³-hybridized carbons (Fsp3) is 0.0588. The molecule has 16 aromatic carbocycles. The van der Waals surface area contributed by atoms with Crippen LogP contribution in [0.5, 0.6) is 0 Å². The first kappa shape index (κ1) is 81.0. The standard InChI is InChI=1S/C31H24.C30H22.2C29H20/c1-23-14-19-30(28(20-23)17-15-26-10-6-4-7-11-26)31-22-25(3)24(2)21-29(31)18-16-27-12-8-5-9-13-27;1-23-13-17-27(19-15-25-9-5-3-6-10-25)29(21-23)30-22-24(2)14-18-28(30)20-16-26-11-7-4-8-12-26;1-23-16-21-29(27(22-23)20-18-25-12-6-3-7-13-25)28-15-9-8-14-26(28)19-17-24-10-4-2-5-11-24;1-23-16-19-27(21-18-25-12-6-3-7-13-25)29(22-23)28-15-9-8-14-26(28)20-17-24-10-4-2-5-11-24/h4-14,19-22H,1-3H3;3-14,17-18,21-22H,1-2H3;2-16,21-22H,1H3;2-16,19,22H,1H3. The average Bonchev–Trinajstić information content (AvgIpc) is 0.882. The molecule has 0 nitrogen and oxygen atoms in total. The molecule has 0 aromatic heterocycles. The van der Waals surface area contributed by atoms with Crippen molar-refractivity contribution in [2.45, 2.75) is 48.5 Å². The number of aryl methyl sites for hydroxylation is 7. The Balaban J connectivity index is 0.000000137. The first-order chi connectivity index (χ1) is 58.4. The maximum atomic E-state index is 3.41. The Morgan fingerprint density at radius 3 is 0.580 bits per heavy atom. The third kappa shape index (κ3) is 23.8. The molecule has 0 radical (unpaired) electrons. The second-order valence-electron chi connectivity index (χ2n) is 28.7. The van der Waals surface area contributed by atoms with Crippen LogP contribution in [0.15, 0.2) is 394 Å². The van der Waals surface area contributed by atoms with Crippen LogP contribution in [0.4, 0.5) is 0 Å². The van der Waals surface area contributed by atoms with Crippen LogP contribution in [0.1, 0.15) is 128 Å². The Labute approximate surface area is 705 Å². The molecule has 0 aliphatic heterocycles. The molecular formula is C119H86. The lowest BCUT2D eigenvalue weighted by Crippen LogP contribution is -1.93. The van der Waals surface area contributed by atoms with Crippen molar-refractivity contribution in [3.8, 4) is 139 Å². The molecule has 0 bridgehead atoms. The molecule has 0 spiro atoms. The molecule has 0 amide bonds. The summed E-state index contributed by atoms with van der Waals surface area (Å²) in [6, 6.07) is 134. The van der Waals surface area contributed by atoms with Gasteiger partial charge in [0.15, 0.2) is 0 Å². The first-order valence-electron chi connectivity index (χ1n) is 39.8. The van der Waals surface area contributed by atoms with Crippen molar-refractivity contribution in [1.29, 1.82) is 0 Å². The lowest BCUT2D eigenvalue weighted by Gasteiger charge is -2.12. The van der Waals surface area contributed by atoms with Crippen LogP contribution in [-0.4, -0.2) is 0 Å². The van der Waals surface area contributed by atoms with Gasteiger partial charge in [-0.2, -0.15) is 0 Å². The van der Waals surface area contributed by atoms with Gasteiger partial charge in [-0.3, -0.25) is 0 Å². The minimum Gasteiger partial charge on any atom is -0.0622 e. The van der Waals surface area contributed by atoms with E-state index in [1.807, 2.05) is 255 Å². The van der Waals surface area contributed by atoms with E-state index in [2.05, 4.69) is 283 Å². The van der Waals surface area contributed by atoms with E-state index >= 15 is 0 Å². The van der Waals surface area contributed by atoms with E-state index in [9.17, 15) is 0 Å². The lowest BCUT2D eigenvalue weighted by atomic mass is 9.91. The smallest absolute Gasteiger partial charge is 0.0330 e. The van der Waals surface area contributed by atoms with Crippen LogP contribution in [-0.2, 0) is 0 Å². The van der Waals surface area contributed by atoms with Crippen molar-refractivity contribution in [2.75, 3.05) is 0 Å². The van der Waals surface area contributed by atoms with Crippen LogP contribution in [0.2, 0.25) is 0 Å². The van der Waals surface area contributed by atoms with Crippen molar-refractivity contribution in [2.24, 2.45) is 0 Å². The highest BCUT2D eigenvalue weighted by Gasteiger charge is 2.14. The number of benzene rings is 16. The maximum Gasteiger partial charge on any atom is 0.0330 e. The minimum atomic E-state index is 1.00. The zero-order valence-electron chi connectivity index (χ0n) is 68.0. The Kier molecular flexibility index (Phi) is 28.4. The fourth-order valence-electron chi connectivity index (χ4n) is 13.0. The van der Waals surface area contributed by atoms with E-state index < -0.39 is 0 Å². The van der Waals surface area contributed by atoms with Crippen LogP contribution in [0.25, 0.3) is 44.5 Å². The quantitative estimate of drug-likeness (QED) is 0.154. The van der Waals surface area contributed by atoms with Gasteiger partial charge in [-0.05, 0) is 267 Å². The molecule has 0 aliphatic carbocycles. The Bertz CT molecular complexity index is 6670. The normalized spacial score (nSPS) is 9.77. The predicted octanol–water partition coefficient (Wildman–Crippen LogP) is 26.8. The summed E-state index contributed by atoms with van der Waals surface area (Å²) in [6.07, 6.45) is 0. The number of rotatable bonds is 4. The highest BCUT2D eigenvalue weighted by atomic mass is 14.2. The van der Waals surface area contributed by atoms with E-state index in [0.29, 0.717) is 0 Å². The average molecular weight is 1520 g/mol. The number of hydrogen-bond acceptors (Lipinski definition) is 0. The molecule has 16 aromatic rings. The van der Waals surface area contributed by atoms with Crippen molar-refractivity contribution in [3.63, 3.8) is 0 Å². The summed E-state index contributed by atoms with van der Waals surface area (Å²) in [5.41, 5.74) is 33.6. The minimum absolute atomic E-state index is 1.00. The van der Waals surface area contributed by atoms with E-state index in [0.717, 1.165) is 134 Å². The third-order valence-electron chi connectivity index (χ3n) is 19.4. The largest absolute Gasteiger partial charge is 0.0622 e. The summed E-state index contributed by atoms with van der Waals surface area (Å²) in [7, 11) is 0. The summed E-state index contributed by atoms with van der Waals surface area (Å²) in [5.74, 6) is 53.4. The van der Waals surface area contributed by atoms with Crippen LogP contribution in [0.3, 0.4) is 0 Å². The lowest BCUT2D eigenvalue weighted by molar-refractivity contribution is 1.33. The summed E-state index contributed by atoms with van der Waals surface area (Å²) < 4.78 is 0. The van der Waals surface area contributed by atoms with Gasteiger partial charge in [0, 0.05) is 89.0 Å². The van der Waals surface area contributed by atoms with Gasteiger partial charge in [-0.1, -0.05) is 354 Å². The van der Waals surface area contributed by atoms with Gasteiger partial charge < -0.3 is 0 Å². The van der Waals surface area contributed by atoms with Gasteiger partial charge in [0.25, 0.3) is 0 Å². The van der Waals surface area contributed by atoms with Gasteiger partial charge in [-0.15, -0.1) is 0 Å². The molecule has 0 atom stereocenters. The second-order valence-corrected chi connectivity index (χ2v) is 28.7. The molecule has 0 N–H and O–H groups in total. The first-order valence-corrected chi connectivity index (χ1v) is 39.8. The molecule has 0 saturated carbocycles. The van der Waals surface area contributed by atoms with Crippen molar-refractivity contribution < 1.29 is 0 Å². The molecule has 0 fully saturated rings. The molecule has 0 heterocycles. The summed E-state index contributed by atoms with van der Waals surface area (Å²) in [6.45, 7) is 14.8. The van der Waals surface area contributed by atoms with Crippen LogP contribution in [0, 0.1) is 143 Å². The Morgan fingerprint density at radius 2 is 0.294 bits per heavy atom. The monoisotopic (exact) mass is 1510 g/mol. The highest BCUT2D eigenvalue weighted by Crippen LogP contribution is 2.34. The van der Waals surface area contributed by atoms with Crippen molar-refractivity contribution in [3.05, 3.63) is 522 Å². The highest BCUT2D eigenvalue weighted by molar-refractivity contribution is 5.82. The van der Waals surface area contributed by atoms with E-state index in [4.69, 9.17) is 0 Å². The van der Waals surface area contributed by atoms with Gasteiger partial charge in [-0.25, -0.2) is 0 Å². The van der Waals surface area contributed by atoms with Gasteiger partial charge >= 0.3 is 0 Å². The molecule has 0 heteroatoms. The molecule has 562 valence electrons. The zero-order chi connectivity index (χ0) is 82.2. The molecule has 0 unspecified atom stereocenters. The predicted molar refractivity (Wildman–Crippen MR) is 500 cm³/mol. The van der Waals surface area contributed by atoms with Gasteiger partial charge in [0.1, 0.15) is 0 Å². The molecule has 16 rings (SSSR count). The van der Waals surface area contributed by atoms with Crippen LogP contribution < -0.4 is 0 Å². The van der Waals surface area contributed by atoms with Gasteiger partial charge in [0.2, 0.25) is 0 Å². The zero-order valence-corrected chi connectivity index (χ0v) is 68.0. The second kappa shape index (κ2) is 41.7. The topological polar surface area (TPSA) is 0 Å². The maximum absolute atomic E-state index is 3.41. The Morgan fingerprint density at radius 1 is 0.118 bits per heavy atom. The fourth-order valence-corrected chi connectivity index (χ4v) is 13.0. The van der Waals surface area contributed by atoms with Crippen molar-refractivity contribution >= 4 is 0 Å². The summed E-state index contributed by atoms with van der Waals surface area (Å²) in [5, 5.41) is 0. The third-order valence-corrected chi connectivity index (χ3v) is 19.4. The van der Waals surface area contributed by atoms with E-state index in [1.165, 1.54) is 38.9 Å². The summed E-state index contributed by atoms with van der Waals surface area (Å²) in [4.78, 5) is 0. The molecular weight excluding hydrogens is 1430 g/mol. The van der Waals surface area contributed by atoms with Crippen LogP contribution >= 0.6 is 0 Å². The number of hydrogen-bond donors (Lipinski definition) is 0. The molecule has 119 heavy (non-hydrogen) atoms. The van der Waals surface area contributed by atoms with E-state index in [1.54, 1.807) is 0 Å². The van der Waals surface area contributed by atoms with Crippen molar-refractivity contribution in [1.82, 2.24) is 0 Å². The van der Waals surface area contributed by atoms with Gasteiger partial charge in [0.05, 0.1) is 0 Å².